The fourth-order valence-electron chi connectivity index (χ4n) is 1.66. The molecule has 0 fully saturated rings. The van der Waals surface area contributed by atoms with E-state index in [0.29, 0.717) is 12.2 Å². The topological polar surface area (TPSA) is 55.5 Å². The summed E-state index contributed by atoms with van der Waals surface area (Å²) in [5.74, 6) is 0.709. The molecule has 1 aromatic rings. The molecule has 0 saturated heterocycles. The van der Waals surface area contributed by atoms with Crippen LogP contribution >= 0.6 is 12.4 Å². The van der Waals surface area contributed by atoms with Gasteiger partial charge in [-0.25, -0.2) is 0 Å². The molecular weight excluding hydrogens is 250 g/mol. The van der Waals surface area contributed by atoms with Crippen molar-refractivity contribution in [1.82, 2.24) is 0 Å². The highest BCUT2D eigenvalue weighted by atomic mass is 35.5. The molecule has 3 nitrogen and oxygen atoms in total. The predicted octanol–water partition coefficient (Wildman–Crippen LogP) is 2.91. The van der Waals surface area contributed by atoms with Crippen molar-refractivity contribution < 1.29 is 9.84 Å². The van der Waals surface area contributed by atoms with E-state index in [4.69, 9.17) is 10.5 Å². The van der Waals surface area contributed by atoms with Crippen molar-refractivity contribution in [2.24, 2.45) is 11.1 Å². The highest BCUT2D eigenvalue weighted by Crippen LogP contribution is 2.31. The number of ether oxygens (including phenoxy) is 1. The number of rotatable bonds is 4. The Morgan fingerprint density at radius 3 is 2.33 bits per heavy atom. The number of nitrogens with two attached hydrogens (primary N) is 1. The molecule has 0 aromatic heterocycles. The minimum atomic E-state index is -0.583. The summed E-state index contributed by atoms with van der Waals surface area (Å²) in [7, 11) is 1.61. The number of aliphatic hydroxyl groups excluding tert-OH is 1. The molecule has 0 radical (unpaired) electrons. The largest absolute Gasteiger partial charge is 0.496 e. The maximum absolute atomic E-state index is 10.2. The van der Waals surface area contributed by atoms with E-state index in [-0.39, 0.29) is 23.9 Å². The number of hydrogen-bond acceptors (Lipinski definition) is 3. The second-order valence-corrected chi connectivity index (χ2v) is 5.47. The van der Waals surface area contributed by atoms with Crippen LogP contribution in [0.2, 0.25) is 0 Å². The second kappa shape index (κ2) is 6.98. The van der Waals surface area contributed by atoms with Crippen LogP contribution in [-0.4, -0.2) is 18.3 Å². The molecule has 0 heterocycles. The van der Waals surface area contributed by atoms with Gasteiger partial charge in [0.15, 0.2) is 0 Å². The molecule has 104 valence electrons. The third-order valence-corrected chi connectivity index (χ3v) is 3.09. The van der Waals surface area contributed by atoms with Gasteiger partial charge in [0.05, 0.1) is 13.2 Å². The molecule has 1 aromatic carbocycles. The van der Waals surface area contributed by atoms with E-state index in [1.807, 2.05) is 24.3 Å². The van der Waals surface area contributed by atoms with Crippen LogP contribution in [0.4, 0.5) is 0 Å². The fraction of sp³-hybridized carbons (Fsp3) is 0.571. The summed E-state index contributed by atoms with van der Waals surface area (Å²) in [6.07, 6.45) is -0.0514. The first-order valence-corrected chi connectivity index (χ1v) is 5.93. The highest BCUT2D eigenvalue weighted by Gasteiger charge is 2.25. The van der Waals surface area contributed by atoms with Crippen molar-refractivity contribution in [3.05, 3.63) is 29.8 Å². The van der Waals surface area contributed by atoms with Crippen LogP contribution in [0.15, 0.2) is 24.3 Å². The molecule has 0 unspecified atom stereocenters. The van der Waals surface area contributed by atoms with Crippen molar-refractivity contribution >= 4 is 12.4 Å². The summed E-state index contributed by atoms with van der Waals surface area (Å²) in [4.78, 5) is 0. The summed E-state index contributed by atoms with van der Waals surface area (Å²) < 4.78 is 5.23. The van der Waals surface area contributed by atoms with Crippen LogP contribution in [0.5, 0.6) is 5.75 Å². The molecule has 0 aliphatic heterocycles. The normalized spacial score (nSPS) is 14.6. The van der Waals surface area contributed by atoms with Gasteiger partial charge in [-0.05, 0) is 17.9 Å². The first-order valence-electron chi connectivity index (χ1n) is 5.93. The first kappa shape index (κ1) is 17.2. The monoisotopic (exact) mass is 273 g/mol. The zero-order valence-corrected chi connectivity index (χ0v) is 12.3. The van der Waals surface area contributed by atoms with E-state index < -0.39 is 6.10 Å². The Labute approximate surface area is 116 Å². The molecule has 0 spiro atoms. The number of aliphatic hydroxyl groups is 1. The SMILES string of the molecule is COc1ccccc1[C@H](O)C[C@H](N)C(C)(C)C.Cl. The van der Waals surface area contributed by atoms with Gasteiger partial charge in [-0.1, -0.05) is 39.0 Å². The molecular formula is C14H24ClNO2. The van der Waals surface area contributed by atoms with Crippen molar-refractivity contribution in [3.63, 3.8) is 0 Å². The Balaban J connectivity index is 0.00000289. The molecule has 0 amide bonds. The highest BCUT2D eigenvalue weighted by molar-refractivity contribution is 5.85. The van der Waals surface area contributed by atoms with Crippen LogP contribution < -0.4 is 10.5 Å². The van der Waals surface area contributed by atoms with E-state index in [0.717, 1.165) is 5.56 Å². The Bertz CT molecular complexity index is 363. The smallest absolute Gasteiger partial charge is 0.124 e. The third kappa shape index (κ3) is 4.48. The van der Waals surface area contributed by atoms with Crippen molar-refractivity contribution in [1.29, 1.82) is 0 Å². The van der Waals surface area contributed by atoms with Crippen LogP contribution in [0.3, 0.4) is 0 Å². The van der Waals surface area contributed by atoms with Gasteiger partial charge >= 0.3 is 0 Å². The van der Waals surface area contributed by atoms with Gasteiger partial charge in [0.25, 0.3) is 0 Å². The van der Waals surface area contributed by atoms with Gasteiger partial charge in [-0.3, -0.25) is 0 Å². The molecule has 0 saturated carbocycles. The lowest BCUT2D eigenvalue weighted by molar-refractivity contribution is 0.130. The van der Waals surface area contributed by atoms with Gasteiger partial charge < -0.3 is 15.6 Å². The molecule has 0 bridgehead atoms. The molecule has 0 aliphatic carbocycles. The Hall–Kier alpha value is -0.770. The van der Waals surface area contributed by atoms with E-state index in [9.17, 15) is 5.11 Å². The Morgan fingerprint density at radius 2 is 1.83 bits per heavy atom. The van der Waals surface area contributed by atoms with Crippen LogP contribution in [-0.2, 0) is 0 Å². The van der Waals surface area contributed by atoms with Gasteiger partial charge in [0, 0.05) is 11.6 Å². The summed E-state index contributed by atoms with van der Waals surface area (Å²) in [6, 6.07) is 7.45. The zero-order chi connectivity index (χ0) is 13.1. The van der Waals surface area contributed by atoms with E-state index in [2.05, 4.69) is 20.8 Å². The Kier molecular flexibility index (Phi) is 6.68. The lowest BCUT2D eigenvalue weighted by atomic mass is 9.83. The van der Waals surface area contributed by atoms with Crippen molar-refractivity contribution in [3.8, 4) is 5.75 Å². The standard InChI is InChI=1S/C14H23NO2.ClH/c1-14(2,3)13(15)9-11(16)10-7-5-6-8-12(10)17-4;/h5-8,11,13,16H,9,15H2,1-4H3;1H/t11-,13+;/m1./s1. The predicted molar refractivity (Wildman–Crippen MR) is 77.2 cm³/mol. The minimum Gasteiger partial charge on any atom is -0.496 e. The lowest BCUT2D eigenvalue weighted by Crippen LogP contribution is -2.36. The molecule has 18 heavy (non-hydrogen) atoms. The molecule has 2 atom stereocenters. The Morgan fingerprint density at radius 1 is 1.28 bits per heavy atom. The van der Waals surface area contributed by atoms with Crippen LogP contribution in [0.1, 0.15) is 38.9 Å². The zero-order valence-electron chi connectivity index (χ0n) is 11.5. The molecule has 3 N–H and O–H groups in total. The third-order valence-electron chi connectivity index (χ3n) is 3.09. The van der Waals surface area contributed by atoms with E-state index in [1.54, 1.807) is 7.11 Å². The number of methoxy groups -OCH3 is 1. The fourth-order valence-corrected chi connectivity index (χ4v) is 1.66. The quantitative estimate of drug-likeness (QED) is 0.887. The summed E-state index contributed by atoms with van der Waals surface area (Å²) in [5.41, 5.74) is 6.87. The van der Waals surface area contributed by atoms with Crippen LogP contribution in [0.25, 0.3) is 0 Å². The second-order valence-electron chi connectivity index (χ2n) is 5.47. The van der Waals surface area contributed by atoms with Gasteiger partial charge in [0.2, 0.25) is 0 Å². The molecule has 4 heteroatoms. The maximum atomic E-state index is 10.2. The van der Waals surface area contributed by atoms with Gasteiger partial charge in [-0.2, -0.15) is 0 Å². The number of halogens is 1. The van der Waals surface area contributed by atoms with Crippen LogP contribution in [0, 0.1) is 5.41 Å². The van der Waals surface area contributed by atoms with E-state index in [1.165, 1.54) is 0 Å². The lowest BCUT2D eigenvalue weighted by Gasteiger charge is -2.29. The number of hydrogen-bond donors (Lipinski definition) is 2. The van der Waals surface area contributed by atoms with E-state index >= 15 is 0 Å². The molecule has 0 aliphatic rings. The number of benzene rings is 1. The first-order chi connectivity index (χ1) is 7.86. The average Bonchev–Trinajstić information content (AvgIpc) is 2.27. The number of para-hydroxylation sites is 1. The summed E-state index contributed by atoms with van der Waals surface area (Å²) >= 11 is 0. The minimum absolute atomic E-state index is 0. The van der Waals surface area contributed by atoms with Gasteiger partial charge in [0.1, 0.15) is 5.75 Å². The summed E-state index contributed by atoms with van der Waals surface area (Å²) in [5, 5.41) is 10.2. The molecule has 1 rings (SSSR count). The van der Waals surface area contributed by atoms with Gasteiger partial charge in [-0.15, -0.1) is 12.4 Å². The average molecular weight is 274 g/mol. The van der Waals surface area contributed by atoms with Crippen molar-refractivity contribution in [2.75, 3.05) is 7.11 Å². The maximum Gasteiger partial charge on any atom is 0.124 e. The van der Waals surface area contributed by atoms with Crippen molar-refractivity contribution in [2.45, 2.75) is 39.3 Å². The summed E-state index contributed by atoms with van der Waals surface area (Å²) in [6.45, 7) is 6.23.